The number of likely N-dealkylation sites (N-methyl/N-ethyl adjacent to an activating group) is 1. The molecule has 0 aliphatic carbocycles. The van der Waals surface area contributed by atoms with Gasteiger partial charge in [-0.3, -0.25) is 4.90 Å². The number of hydrogen-bond donors (Lipinski definition) is 1. The van der Waals surface area contributed by atoms with Crippen molar-refractivity contribution in [3.63, 3.8) is 0 Å². The van der Waals surface area contributed by atoms with Crippen LogP contribution >= 0.6 is 15.9 Å². The van der Waals surface area contributed by atoms with E-state index in [4.69, 9.17) is 15.2 Å². The zero-order valence-electron chi connectivity index (χ0n) is 13.5. The molecule has 0 fully saturated rings. The fourth-order valence-electron chi connectivity index (χ4n) is 2.44. The first-order valence-corrected chi connectivity index (χ1v) is 8.20. The summed E-state index contributed by atoms with van der Waals surface area (Å²) in [6.07, 6.45) is 3.66. The Morgan fingerprint density at radius 3 is 2.33 bits per heavy atom. The van der Waals surface area contributed by atoms with Gasteiger partial charge in [0.05, 0.1) is 14.2 Å². The SMILES string of the molecule is CCCCCN(C)C(CN)c1cc(OC)c(OC)cc1Br. The fraction of sp³-hybridized carbons (Fsp3) is 0.625. The summed E-state index contributed by atoms with van der Waals surface area (Å²) >= 11 is 3.63. The topological polar surface area (TPSA) is 47.7 Å². The van der Waals surface area contributed by atoms with Crippen molar-refractivity contribution in [1.29, 1.82) is 0 Å². The second kappa shape index (κ2) is 9.28. The molecule has 0 aromatic heterocycles. The molecule has 0 radical (unpaired) electrons. The molecule has 1 aromatic carbocycles. The lowest BCUT2D eigenvalue weighted by atomic mass is 10.0. The third-order valence-corrected chi connectivity index (χ3v) is 4.42. The van der Waals surface area contributed by atoms with Gasteiger partial charge in [0, 0.05) is 17.1 Å². The summed E-state index contributed by atoms with van der Waals surface area (Å²) in [5.41, 5.74) is 7.14. The lowest BCUT2D eigenvalue weighted by Crippen LogP contribution is -2.31. The summed E-state index contributed by atoms with van der Waals surface area (Å²) in [5.74, 6) is 1.45. The van der Waals surface area contributed by atoms with Crippen molar-refractivity contribution in [3.05, 3.63) is 22.2 Å². The number of nitrogens with two attached hydrogens (primary N) is 1. The summed E-state index contributed by atoms with van der Waals surface area (Å²) < 4.78 is 11.7. The number of hydrogen-bond acceptors (Lipinski definition) is 4. The van der Waals surface area contributed by atoms with Gasteiger partial charge >= 0.3 is 0 Å². The second-order valence-corrected chi connectivity index (χ2v) is 6.02. The summed E-state index contributed by atoms with van der Waals surface area (Å²) in [6, 6.07) is 4.11. The molecule has 1 unspecified atom stereocenters. The van der Waals surface area contributed by atoms with E-state index in [2.05, 4.69) is 34.8 Å². The molecular weight excluding hydrogens is 332 g/mol. The van der Waals surface area contributed by atoms with Gasteiger partial charge < -0.3 is 15.2 Å². The highest BCUT2D eigenvalue weighted by molar-refractivity contribution is 9.10. The predicted octanol–water partition coefficient (Wildman–Crippen LogP) is 3.59. The van der Waals surface area contributed by atoms with Crippen LogP contribution in [0, 0.1) is 0 Å². The van der Waals surface area contributed by atoms with E-state index < -0.39 is 0 Å². The molecule has 0 aliphatic rings. The average molecular weight is 359 g/mol. The first kappa shape index (κ1) is 18.3. The Balaban J connectivity index is 2.99. The van der Waals surface area contributed by atoms with Crippen LogP contribution in [0.1, 0.15) is 37.8 Å². The minimum atomic E-state index is 0.163. The fourth-order valence-corrected chi connectivity index (χ4v) is 3.02. The van der Waals surface area contributed by atoms with Crippen LogP contribution in [0.5, 0.6) is 11.5 Å². The van der Waals surface area contributed by atoms with E-state index in [1.165, 1.54) is 19.3 Å². The molecule has 5 heteroatoms. The predicted molar refractivity (Wildman–Crippen MR) is 91.2 cm³/mol. The van der Waals surface area contributed by atoms with Gasteiger partial charge in [-0.25, -0.2) is 0 Å². The van der Waals surface area contributed by atoms with Crippen LogP contribution in [0.3, 0.4) is 0 Å². The molecule has 0 bridgehead atoms. The summed E-state index contributed by atoms with van der Waals surface area (Å²) in [7, 11) is 5.41. The number of benzene rings is 1. The van der Waals surface area contributed by atoms with E-state index in [9.17, 15) is 0 Å². The molecule has 0 saturated carbocycles. The molecule has 120 valence electrons. The summed E-state index contributed by atoms with van der Waals surface area (Å²) in [5, 5.41) is 0. The van der Waals surface area contributed by atoms with Crippen LogP contribution in [-0.4, -0.2) is 39.3 Å². The molecule has 21 heavy (non-hydrogen) atoms. The van der Waals surface area contributed by atoms with Crippen LogP contribution in [-0.2, 0) is 0 Å². The van der Waals surface area contributed by atoms with Gasteiger partial charge in [0.15, 0.2) is 11.5 Å². The zero-order valence-corrected chi connectivity index (χ0v) is 15.1. The third kappa shape index (κ3) is 4.87. The molecule has 2 N–H and O–H groups in total. The average Bonchev–Trinajstić information content (AvgIpc) is 2.49. The molecule has 0 heterocycles. The highest BCUT2D eigenvalue weighted by Gasteiger charge is 2.20. The largest absolute Gasteiger partial charge is 0.493 e. The standard InChI is InChI=1S/C16H27BrN2O2/c1-5-6-7-8-19(2)14(11-18)12-9-15(20-3)16(21-4)10-13(12)17/h9-10,14H,5-8,11,18H2,1-4H3. The van der Waals surface area contributed by atoms with Crippen LogP contribution in [0.2, 0.25) is 0 Å². The Hall–Kier alpha value is -0.780. The van der Waals surface area contributed by atoms with E-state index >= 15 is 0 Å². The maximum atomic E-state index is 6.01. The molecule has 1 aromatic rings. The Morgan fingerprint density at radius 1 is 1.19 bits per heavy atom. The van der Waals surface area contributed by atoms with Crippen molar-refractivity contribution < 1.29 is 9.47 Å². The van der Waals surface area contributed by atoms with Crippen molar-refractivity contribution in [3.8, 4) is 11.5 Å². The van der Waals surface area contributed by atoms with Crippen molar-refractivity contribution in [2.75, 3.05) is 34.4 Å². The molecule has 0 aliphatic heterocycles. The minimum Gasteiger partial charge on any atom is -0.493 e. The van der Waals surface area contributed by atoms with E-state index in [1.54, 1.807) is 14.2 Å². The molecule has 1 rings (SSSR count). The molecule has 0 saturated heterocycles. The van der Waals surface area contributed by atoms with Gasteiger partial charge in [0.25, 0.3) is 0 Å². The van der Waals surface area contributed by atoms with Gasteiger partial charge in [-0.2, -0.15) is 0 Å². The van der Waals surface area contributed by atoms with Crippen molar-refractivity contribution >= 4 is 15.9 Å². The third-order valence-electron chi connectivity index (χ3n) is 3.73. The molecule has 0 amide bonds. The first-order chi connectivity index (χ1) is 10.1. The van der Waals surface area contributed by atoms with E-state index in [0.717, 1.165) is 28.1 Å². The number of methoxy groups -OCH3 is 2. The molecular formula is C16H27BrN2O2. The normalized spacial score (nSPS) is 12.5. The lowest BCUT2D eigenvalue weighted by molar-refractivity contribution is 0.243. The van der Waals surface area contributed by atoms with Crippen LogP contribution in [0.4, 0.5) is 0 Å². The maximum Gasteiger partial charge on any atom is 0.161 e. The van der Waals surface area contributed by atoms with E-state index in [1.807, 2.05) is 12.1 Å². The monoisotopic (exact) mass is 358 g/mol. The smallest absolute Gasteiger partial charge is 0.161 e. The maximum absolute atomic E-state index is 6.01. The van der Waals surface area contributed by atoms with E-state index in [-0.39, 0.29) is 6.04 Å². The van der Waals surface area contributed by atoms with Gasteiger partial charge in [0.1, 0.15) is 0 Å². The summed E-state index contributed by atoms with van der Waals surface area (Å²) in [6.45, 7) is 3.82. The van der Waals surface area contributed by atoms with Crippen LogP contribution in [0.25, 0.3) is 0 Å². The lowest BCUT2D eigenvalue weighted by Gasteiger charge is -2.28. The quantitative estimate of drug-likeness (QED) is 0.685. The number of rotatable bonds is 9. The van der Waals surface area contributed by atoms with Gasteiger partial charge in [-0.15, -0.1) is 0 Å². The molecule has 1 atom stereocenters. The summed E-state index contributed by atoms with van der Waals surface area (Å²) in [4.78, 5) is 2.31. The number of nitrogens with zero attached hydrogens (tertiary/aromatic N) is 1. The highest BCUT2D eigenvalue weighted by Crippen LogP contribution is 2.37. The highest BCUT2D eigenvalue weighted by atomic mass is 79.9. The first-order valence-electron chi connectivity index (χ1n) is 7.40. The van der Waals surface area contributed by atoms with Crippen LogP contribution in [0.15, 0.2) is 16.6 Å². The van der Waals surface area contributed by atoms with Gasteiger partial charge in [-0.05, 0) is 37.7 Å². The molecule has 0 spiro atoms. The second-order valence-electron chi connectivity index (χ2n) is 5.17. The Kier molecular flexibility index (Phi) is 8.07. The zero-order chi connectivity index (χ0) is 15.8. The van der Waals surface area contributed by atoms with Crippen molar-refractivity contribution in [2.24, 2.45) is 5.73 Å². The molecule has 4 nitrogen and oxygen atoms in total. The van der Waals surface area contributed by atoms with E-state index in [0.29, 0.717) is 6.54 Å². The Morgan fingerprint density at radius 2 is 1.81 bits per heavy atom. The Labute approximate surface area is 136 Å². The Bertz CT molecular complexity index is 441. The van der Waals surface area contributed by atoms with Crippen molar-refractivity contribution in [1.82, 2.24) is 4.90 Å². The van der Waals surface area contributed by atoms with Gasteiger partial charge in [0.2, 0.25) is 0 Å². The van der Waals surface area contributed by atoms with Gasteiger partial charge in [-0.1, -0.05) is 35.7 Å². The number of unbranched alkanes of at least 4 members (excludes halogenated alkanes) is 2. The number of ether oxygens (including phenoxy) is 2. The minimum absolute atomic E-state index is 0.163. The van der Waals surface area contributed by atoms with Crippen molar-refractivity contribution in [2.45, 2.75) is 32.2 Å². The number of halogens is 1. The van der Waals surface area contributed by atoms with Crippen LogP contribution < -0.4 is 15.2 Å².